The first kappa shape index (κ1) is 16.1. The maximum Gasteiger partial charge on any atom is 0.323 e. The first-order valence-electron chi connectivity index (χ1n) is 7.90. The van der Waals surface area contributed by atoms with Crippen LogP contribution in [-0.4, -0.2) is 39.4 Å². The number of ether oxygens (including phenoxy) is 2. The number of urea groups is 1. The lowest BCUT2D eigenvalue weighted by molar-refractivity contribution is 0.123. The van der Waals surface area contributed by atoms with E-state index in [1.54, 1.807) is 31.4 Å². The number of carbonyl (C=O) groups is 1. The van der Waals surface area contributed by atoms with Crippen molar-refractivity contribution in [2.75, 3.05) is 48.9 Å². The Morgan fingerprint density at radius 2 is 1.75 bits per heavy atom. The van der Waals surface area contributed by atoms with Gasteiger partial charge in [0.15, 0.2) is 0 Å². The molecular weight excluding hydrogens is 306 g/mol. The molecule has 2 aromatic carbocycles. The van der Waals surface area contributed by atoms with E-state index in [1.165, 1.54) is 0 Å². The zero-order valence-electron chi connectivity index (χ0n) is 13.6. The maximum absolute atomic E-state index is 12.3. The molecule has 0 aromatic heterocycles. The third-order valence-corrected chi connectivity index (χ3v) is 3.85. The molecule has 24 heavy (non-hydrogen) atoms. The van der Waals surface area contributed by atoms with Crippen LogP contribution in [0.15, 0.2) is 48.5 Å². The van der Waals surface area contributed by atoms with Gasteiger partial charge < -0.3 is 25.0 Å². The number of morpholine rings is 1. The number of amides is 2. The van der Waals surface area contributed by atoms with Gasteiger partial charge in [0.05, 0.1) is 31.7 Å². The van der Waals surface area contributed by atoms with Gasteiger partial charge >= 0.3 is 6.03 Å². The average molecular weight is 327 g/mol. The molecule has 1 saturated heterocycles. The molecule has 0 atom stereocenters. The molecule has 6 nitrogen and oxygen atoms in total. The van der Waals surface area contributed by atoms with Gasteiger partial charge in [-0.3, -0.25) is 0 Å². The summed E-state index contributed by atoms with van der Waals surface area (Å²) >= 11 is 0. The van der Waals surface area contributed by atoms with Gasteiger partial charge in [-0.05, 0) is 36.4 Å². The summed E-state index contributed by atoms with van der Waals surface area (Å²) in [6, 6.07) is 14.7. The summed E-state index contributed by atoms with van der Waals surface area (Å²) in [4.78, 5) is 14.5. The summed E-state index contributed by atoms with van der Waals surface area (Å²) in [5.74, 6) is 0.749. The summed E-state index contributed by atoms with van der Waals surface area (Å²) in [6.07, 6.45) is 0. The van der Waals surface area contributed by atoms with Crippen molar-refractivity contribution >= 4 is 23.1 Å². The van der Waals surface area contributed by atoms with Crippen molar-refractivity contribution in [2.24, 2.45) is 0 Å². The average Bonchev–Trinajstić information content (AvgIpc) is 2.63. The molecule has 126 valence electrons. The minimum Gasteiger partial charge on any atom is -0.497 e. The predicted octanol–water partition coefficient (Wildman–Crippen LogP) is 3.18. The quantitative estimate of drug-likeness (QED) is 0.905. The number of benzene rings is 2. The number of nitrogens with one attached hydrogen (secondary N) is 2. The summed E-state index contributed by atoms with van der Waals surface area (Å²) < 4.78 is 10.5. The smallest absolute Gasteiger partial charge is 0.323 e. The lowest BCUT2D eigenvalue weighted by Crippen LogP contribution is -2.36. The second-order valence-corrected chi connectivity index (χ2v) is 5.42. The standard InChI is InChI=1S/C18H21N3O3/c1-23-15-8-6-14(7-9-15)19-18(22)20-16-4-2-3-5-17(16)21-10-12-24-13-11-21/h2-9H,10-13H2,1H3,(H2,19,20,22). The molecule has 0 radical (unpaired) electrons. The van der Waals surface area contributed by atoms with E-state index in [9.17, 15) is 4.79 Å². The molecule has 0 unspecified atom stereocenters. The normalized spacial score (nSPS) is 14.1. The van der Waals surface area contributed by atoms with E-state index in [-0.39, 0.29) is 6.03 Å². The number of hydrogen-bond acceptors (Lipinski definition) is 4. The van der Waals surface area contributed by atoms with Crippen LogP contribution in [0.1, 0.15) is 0 Å². The molecule has 2 aromatic rings. The fourth-order valence-electron chi connectivity index (χ4n) is 2.62. The number of methoxy groups -OCH3 is 1. The minimum atomic E-state index is -0.277. The molecule has 0 aliphatic carbocycles. The zero-order valence-corrected chi connectivity index (χ0v) is 13.6. The Balaban J connectivity index is 1.67. The van der Waals surface area contributed by atoms with E-state index in [4.69, 9.17) is 9.47 Å². The molecule has 1 heterocycles. The fourth-order valence-corrected chi connectivity index (χ4v) is 2.62. The lowest BCUT2D eigenvalue weighted by Gasteiger charge is -2.30. The van der Waals surface area contributed by atoms with Crippen molar-refractivity contribution in [3.8, 4) is 5.75 Å². The first-order chi connectivity index (χ1) is 11.8. The van der Waals surface area contributed by atoms with Crippen LogP contribution >= 0.6 is 0 Å². The molecule has 0 saturated carbocycles. The van der Waals surface area contributed by atoms with Gasteiger partial charge in [-0.1, -0.05) is 12.1 Å². The number of rotatable bonds is 4. The predicted molar refractivity (Wildman–Crippen MR) is 95.1 cm³/mol. The SMILES string of the molecule is COc1ccc(NC(=O)Nc2ccccc2N2CCOCC2)cc1. The fraction of sp³-hybridized carbons (Fsp3) is 0.278. The largest absolute Gasteiger partial charge is 0.497 e. The van der Waals surface area contributed by atoms with Crippen LogP contribution in [0.3, 0.4) is 0 Å². The molecule has 1 aliphatic rings. The number of para-hydroxylation sites is 2. The Kier molecular flexibility index (Phi) is 5.18. The molecule has 0 spiro atoms. The van der Waals surface area contributed by atoms with Crippen molar-refractivity contribution in [3.05, 3.63) is 48.5 Å². The number of carbonyl (C=O) groups excluding carboxylic acids is 1. The van der Waals surface area contributed by atoms with E-state index < -0.39 is 0 Å². The molecule has 3 rings (SSSR count). The summed E-state index contributed by atoms with van der Waals surface area (Å²) in [5, 5.41) is 5.74. The van der Waals surface area contributed by atoms with Crippen LogP contribution in [0.5, 0.6) is 5.75 Å². The van der Waals surface area contributed by atoms with Crippen LogP contribution in [-0.2, 0) is 4.74 Å². The number of anilines is 3. The van der Waals surface area contributed by atoms with Gasteiger partial charge in [0, 0.05) is 18.8 Å². The molecule has 1 fully saturated rings. The molecule has 6 heteroatoms. The van der Waals surface area contributed by atoms with Gasteiger partial charge in [0.25, 0.3) is 0 Å². The zero-order chi connectivity index (χ0) is 16.8. The second kappa shape index (κ2) is 7.70. The van der Waals surface area contributed by atoms with E-state index in [2.05, 4.69) is 15.5 Å². The molecule has 2 amide bonds. The van der Waals surface area contributed by atoms with Crippen LogP contribution in [0.2, 0.25) is 0 Å². The van der Waals surface area contributed by atoms with Gasteiger partial charge in [0.2, 0.25) is 0 Å². The maximum atomic E-state index is 12.3. The first-order valence-corrected chi connectivity index (χ1v) is 7.90. The van der Waals surface area contributed by atoms with Crippen LogP contribution in [0.25, 0.3) is 0 Å². The molecule has 0 bridgehead atoms. The molecule has 2 N–H and O–H groups in total. The highest BCUT2D eigenvalue weighted by Crippen LogP contribution is 2.26. The Labute approximate surface area is 141 Å². The Morgan fingerprint density at radius 1 is 1.04 bits per heavy atom. The molecular formula is C18H21N3O3. The van der Waals surface area contributed by atoms with Crippen LogP contribution in [0, 0.1) is 0 Å². The van der Waals surface area contributed by atoms with Crippen LogP contribution < -0.4 is 20.3 Å². The van der Waals surface area contributed by atoms with E-state index in [1.807, 2.05) is 24.3 Å². The van der Waals surface area contributed by atoms with Crippen molar-refractivity contribution < 1.29 is 14.3 Å². The van der Waals surface area contributed by atoms with E-state index in [0.29, 0.717) is 18.9 Å². The topological polar surface area (TPSA) is 62.8 Å². The van der Waals surface area contributed by atoms with E-state index in [0.717, 1.165) is 30.2 Å². The second-order valence-electron chi connectivity index (χ2n) is 5.42. The molecule has 1 aliphatic heterocycles. The number of hydrogen-bond donors (Lipinski definition) is 2. The van der Waals surface area contributed by atoms with Gasteiger partial charge in [-0.15, -0.1) is 0 Å². The van der Waals surface area contributed by atoms with Gasteiger partial charge in [0.1, 0.15) is 5.75 Å². The van der Waals surface area contributed by atoms with Crippen molar-refractivity contribution in [1.82, 2.24) is 0 Å². The highest BCUT2D eigenvalue weighted by atomic mass is 16.5. The van der Waals surface area contributed by atoms with Crippen LogP contribution in [0.4, 0.5) is 21.9 Å². The Morgan fingerprint density at radius 3 is 2.46 bits per heavy atom. The third kappa shape index (κ3) is 3.97. The van der Waals surface area contributed by atoms with Crippen molar-refractivity contribution in [3.63, 3.8) is 0 Å². The monoisotopic (exact) mass is 327 g/mol. The summed E-state index contributed by atoms with van der Waals surface area (Å²) in [6.45, 7) is 3.04. The highest BCUT2D eigenvalue weighted by molar-refractivity contribution is 6.01. The van der Waals surface area contributed by atoms with E-state index >= 15 is 0 Å². The van der Waals surface area contributed by atoms with Gasteiger partial charge in [-0.2, -0.15) is 0 Å². The van der Waals surface area contributed by atoms with Crippen molar-refractivity contribution in [2.45, 2.75) is 0 Å². The Hall–Kier alpha value is -2.73. The summed E-state index contributed by atoms with van der Waals surface area (Å²) in [5.41, 5.74) is 2.49. The lowest BCUT2D eigenvalue weighted by atomic mass is 10.2. The highest BCUT2D eigenvalue weighted by Gasteiger charge is 2.15. The Bertz CT molecular complexity index is 682. The minimum absolute atomic E-state index is 0.277. The third-order valence-electron chi connectivity index (χ3n) is 3.85. The summed E-state index contributed by atoms with van der Waals surface area (Å²) in [7, 11) is 1.61. The number of nitrogens with zero attached hydrogens (tertiary/aromatic N) is 1. The van der Waals surface area contributed by atoms with Crippen molar-refractivity contribution in [1.29, 1.82) is 0 Å². The van der Waals surface area contributed by atoms with Gasteiger partial charge in [-0.25, -0.2) is 4.79 Å².